The molecule has 0 radical (unpaired) electrons. The molecule has 31 heavy (non-hydrogen) atoms. The van der Waals surface area contributed by atoms with Gasteiger partial charge in [0.15, 0.2) is 5.76 Å². The standard InChI is InChI=1S/C23H20IN5O2/c1-16-7-12-21(31-16)23-17(15-29(28-23)20-5-3-2-4-6-20)13-26-27-22(30)14-25-19-10-8-18(24)9-11-19/h2-13,15,25H,14H2,1H3,(H,27,30)/b26-13-. The third kappa shape index (κ3) is 5.40. The van der Waals surface area contributed by atoms with Crippen molar-refractivity contribution in [1.82, 2.24) is 15.2 Å². The lowest BCUT2D eigenvalue weighted by Gasteiger charge is -2.05. The van der Waals surface area contributed by atoms with Gasteiger partial charge in [-0.15, -0.1) is 0 Å². The number of hydrogen-bond donors (Lipinski definition) is 2. The molecule has 0 aliphatic carbocycles. The Balaban J connectivity index is 1.47. The van der Waals surface area contributed by atoms with Crippen LogP contribution in [0.15, 0.2) is 82.4 Å². The fraction of sp³-hybridized carbons (Fsp3) is 0.0870. The lowest BCUT2D eigenvalue weighted by Crippen LogP contribution is -2.25. The van der Waals surface area contributed by atoms with Crippen LogP contribution in [0.4, 0.5) is 5.69 Å². The zero-order valence-electron chi connectivity index (χ0n) is 16.7. The van der Waals surface area contributed by atoms with Crippen molar-refractivity contribution in [1.29, 1.82) is 0 Å². The molecule has 0 atom stereocenters. The number of amides is 1. The number of halogens is 1. The zero-order chi connectivity index (χ0) is 21.6. The number of carbonyl (C=O) groups excluding carboxylic acids is 1. The van der Waals surface area contributed by atoms with Gasteiger partial charge in [0.25, 0.3) is 5.91 Å². The number of hydrogen-bond acceptors (Lipinski definition) is 5. The number of hydrazone groups is 1. The van der Waals surface area contributed by atoms with Crippen LogP contribution >= 0.6 is 22.6 Å². The van der Waals surface area contributed by atoms with Gasteiger partial charge in [0.2, 0.25) is 0 Å². The highest BCUT2D eigenvalue weighted by Gasteiger charge is 2.14. The SMILES string of the molecule is Cc1ccc(-c2nn(-c3ccccc3)cc2/C=N\NC(=O)CNc2ccc(I)cc2)o1. The first-order valence-corrected chi connectivity index (χ1v) is 10.7. The summed E-state index contributed by atoms with van der Waals surface area (Å²) in [6, 6.07) is 21.3. The van der Waals surface area contributed by atoms with E-state index in [1.54, 1.807) is 10.9 Å². The second kappa shape index (κ2) is 9.61. The van der Waals surface area contributed by atoms with Crippen LogP contribution < -0.4 is 10.7 Å². The van der Waals surface area contributed by atoms with Crippen LogP contribution in [0.2, 0.25) is 0 Å². The average molecular weight is 525 g/mol. The first-order valence-electron chi connectivity index (χ1n) is 9.62. The maximum atomic E-state index is 12.1. The van der Waals surface area contributed by atoms with Gasteiger partial charge in [-0.3, -0.25) is 4.79 Å². The van der Waals surface area contributed by atoms with E-state index in [2.05, 4.69) is 43.5 Å². The van der Waals surface area contributed by atoms with Crippen molar-refractivity contribution in [2.24, 2.45) is 5.10 Å². The fourth-order valence-electron chi connectivity index (χ4n) is 2.91. The van der Waals surface area contributed by atoms with Gasteiger partial charge in [0.1, 0.15) is 11.5 Å². The highest BCUT2D eigenvalue weighted by Crippen LogP contribution is 2.24. The first-order chi connectivity index (χ1) is 15.1. The Morgan fingerprint density at radius 3 is 2.61 bits per heavy atom. The van der Waals surface area contributed by atoms with Gasteiger partial charge in [0, 0.05) is 21.0 Å². The molecule has 0 fully saturated rings. The topological polar surface area (TPSA) is 84.5 Å². The van der Waals surface area contributed by atoms with Gasteiger partial charge in [-0.2, -0.15) is 10.2 Å². The van der Waals surface area contributed by atoms with E-state index in [0.29, 0.717) is 11.5 Å². The van der Waals surface area contributed by atoms with Crippen molar-refractivity contribution in [2.75, 3.05) is 11.9 Å². The van der Waals surface area contributed by atoms with Gasteiger partial charge in [-0.25, -0.2) is 10.1 Å². The number of benzene rings is 2. The third-order valence-electron chi connectivity index (χ3n) is 4.43. The molecule has 2 heterocycles. The summed E-state index contributed by atoms with van der Waals surface area (Å²) in [5, 5.41) is 11.8. The Kier molecular flexibility index (Phi) is 6.46. The van der Waals surface area contributed by atoms with Crippen molar-refractivity contribution in [3.8, 4) is 17.1 Å². The summed E-state index contributed by atoms with van der Waals surface area (Å²) in [7, 11) is 0. The second-order valence-electron chi connectivity index (χ2n) is 6.78. The number of aromatic nitrogens is 2. The van der Waals surface area contributed by atoms with E-state index >= 15 is 0 Å². The Morgan fingerprint density at radius 1 is 1.13 bits per heavy atom. The molecule has 2 aromatic heterocycles. The Hall–Kier alpha value is -3.40. The van der Waals surface area contributed by atoms with Crippen molar-refractivity contribution < 1.29 is 9.21 Å². The van der Waals surface area contributed by atoms with Crippen LogP contribution in [0.5, 0.6) is 0 Å². The Labute approximate surface area is 193 Å². The molecule has 156 valence electrons. The maximum Gasteiger partial charge on any atom is 0.259 e. The molecule has 4 rings (SSSR count). The predicted molar refractivity (Wildman–Crippen MR) is 129 cm³/mol. The fourth-order valence-corrected chi connectivity index (χ4v) is 3.27. The van der Waals surface area contributed by atoms with Gasteiger partial charge in [-0.05, 0) is 78.0 Å². The van der Waals surface area contributed by atoms with Crippen LogP contribution in [0.25, 0.3) is 17.1 Å². The lowest BCUT2D eigenvalue weighted by atomic mass is 10.2. The van der Waals surface area contributed by atoms with Crippen LogP contribution in [0.1, 0.15) is 11.3 Å². The molecule has 0 saturated heterocycles. The molecule has 0 bridgehead atoms. The molecule has 1 amide bonds. The summed E-state index contributed by atoms with van der Waals surface area (Å²) in [6.45, 7) is 2.00. The van der Waals surface area contributed by atoms with Gasteiger partial charge in [-0.1, -0.05) is 18.2 Å². The minimum absolute atomic E-state index is 0.117. The van der Waals surface area contributed by atoms with E-state index in [1.165, 1.54) is 0 Å². The number of nitrogens with zero attached hydrogens (tertiary/aromatic N) is 3. The largest absolute Gasteiger partial charge is 0.460 e. The third-order valence-corrected chi connectivity index (χ3v) is 5.15. The van der Waals surface area contributed by atoms with E-state index in [-0.39, 0.29) is 12.5 Å². The van der Waals surface area contributed by atoms with E-state index < -0.39 is 0 Å². The monoisotopic (exact) mass is 525 g/mol. The number of rotatable bonds is 7. The maximum absolute atomic E-state index is 12.1. The molecule has 7 nitrogen and oxygen atoms in total. The second-order valence-corrected chi connectivity index (χ2v) is 8.02. The number of para-hydroxylation sites is 1. The van der Waals surface area contributed by atoms with E-state index in [0.717, 1.165) is 26.3 Å². The van der Waals surface area contributed by atoms with Crippen molar-refractivity contribution in [2.45, 2.75) is 6.92 Å². The average Bonchev–Trinajstić information content (AvgIpc) is 3.40. The number of nitrogens with one attached hydrogen (secondary N) is 2. The van der Waals surface area contributed by atoms with Crippen molar-refractivity contribution in [3.63, 3.8) is 0 Å². The number of furan rings is 1. The van der Waals surface area contributed by atoms with Crippen molar-refractivity contribution >= 4 is 40.4 Å². The first kappa shape index (κ1) is 20.9. The predicted octanol–water partition coefficient (Wildman–Crippen LogP) is 4.61. The molecule has 0 unspecified atom stereocenters. The molecule has 0 spiro atoms. The minimum atomic E-state index is -0.249. The molecule has 0 saturated carbocycles. The van der Waals surface area contributed by atoms with E-state index in [4.69, 9.17) is 4.42 Å². The normalized spacial score (nSPS) is 11.0. The van der Waals surface area contributed by atoms with Crippen LogP contribution in [-0.4, -0.2) is 28.4 Å². The summed E-state index contributed by atoms with van der Waals surface area (Å²) >= 11 is 2.24. The van der Waals surface area contributed by atoms with E-state index in [9.17, 15) is 4.79 Å². The quantitative estimate of drug-likeness (QED) is 0.210. The highest BCUT2D eigenvalue weighted by molar-refractivity contribution is 14.1. The number of anilines is 1. The van der Waals surface area contributed by atoms with Crippen LogP contribution in [-0.2, 0) is 4.79 Å². The van der Waals surface area contributed by atoms with Crippen molar-refractivity contribution in [3.05, 3.63) is 87.8 Å². The highest BCUT2D eigenvalue weighted by atomic mass is 127. The molecular weight excluding hydrogens is 505 g/mol. The Morgan fingerprint density at radius 2 is 1.90 bits per heavy atom. The van der Waals surface area contributed by atoms with Gasteiger partial charge >= 0.3 is 0 Å². The van der Waals surface area contributed by atoms with Gasteiger partial charge < -0.3 is 9.73 Å². The minimum Gasteiger partial charge on any atom is -0.460 e. The molecule has 8 heteroatoms. The van der Waals surface area contributed by atoms with Crippen LogP contribution in [0.3, 0.4) is 0 Å². The molecular formula is C23H20IN5O2. The van der Waals surface area contributed by atoms with Gasteiger partial charge in [0.05, 0.1) is 18.4 Å². The summed E-state index contributed by atoms with van der Waals surface area (Å²) < 4.78 is 8.64. The zero-order valence-corrected chi connectivity index (χ0v) is 18.9. The smallest absolute Gasteiger partial charge is 0.259 e. The lowest BCUT2D eigenvalue weighted by molar-refractivity contribution is -0.119. The van der Waals surface area contributed by atoms with E-state index in [1.807, 2.05) is 79.9 Å². The summed E-state index contributed by atoms with van der Waals surface area (Å²) in [4.78, 5) is 12.1. The Bertz CT molecular complexity index is 1200. The molecule has 0 aliphatic heterocycles. The molecule has 0 aliphatic rings. The van der Waals surface area contributed by atoms with Crippen LogP contribution in [0, 0.1) is 10.5 Å². The summed E-state index contributed by atoms with van der Waals surface area (Å²) in [6.07, 6.45) is 3.42. The number of carbonyl (C=O) groups is 1. The molecule has 4 aromatic rings. The molecule has 2 N–H and O–H groups in total. The molecule has 2 aromatic carbocycles. The summed E-state index contributed by atoms with van der Waals surface area (Å²) in [5.41, 5.74) is 5.70. The summed E-state index contributed by atoms with van der Waals surface area (Å²) in [5.74, 6) is 1.18. The number of aryl methyl sites for hydroxylation is 1.